The summed E-state index contributed by atoms with van der Waals surface area (Å²) in [5.74, 6) is 0.0255. The zero-order valence-electron chi connectivity index (χ0n) is 11.9. The van der Waals surface area contributed by atoms with E-state index >= 15 is 0 Å². The van der Waals surface area contributed by atoms with Gasteiger partial charge in [0.05, 0.1) is 0 Å². The Kier molecular flexibility index (Phi) is 4.39. The van der Waals surface area contributed by atoms with Crippen molar-refractivity contribution in [2.75, 3.05) is 25.0 Å². The molecule has 1 saturated heterocycles. The molecule has 0 saturated carbocycles. The zero-order chi connectivity index (χ0) is 13.9. The van der Waals surface area contributed by atoms with Crippen molar-refractivity contribution < 1.29 is 4.79 Å². The molecule has 1 N–H and O–H groups in total. The molecule has 1 aliphatic heterocycles. The first-order valence-corrected chi connectivity index (χ1v) is 7.70. The lowest BCUT2D eigenvalue weighted by molar-refractivity contribution is 0.0629. The van der Waals surface area contributed by atoms with E-state index in [9.17, 15) is 4.79 Å². The Morgan fingerprint density at radius 1 is 1.37 bits per heavy atom. The van der Waals surface area contributed by atoms with Crippen LogP contribution in [-0.2, 0) is 0 Å². The minimum absolute atomic E-state index is 0.0255. The van der Waals surface area contributed by atoms with E-state index in [1.165, 1.54) is 11.3 Å². The average Bonchev–Trinajstić information content (AvgIpc) is 2.84. The molecule has 0 atom stereocenters. The Balaban J connectivity index is 1.94. The van der Waals surface area contributed by atoms with Gasteiger partial charge < -0.3 is 10.2 Å². The number of carbonyl (C=O) groups excluding carboxylic acids is 1. The first-order valence-electron chi connectivity index (χ1n) is 6.88. The first-order chi connectivity index (χ1) is 9.02. The summed E-state index contributed by atoms with van der Waals surface area (Å²) in [6.45, 7) is 9.11. The number of amides is 1. The molecular weight excluding hydrogens is 260 g/mol. The fraction of sp³-hybridized carbons (Fsp3) is 0.769. The molecule has 19 heavy (non-hydrogen) atoms. The van der Waals surface area contributed by atoms with Crippen LogP contribution in [0.4, 0.5) is 5.13 Å². The molecule has 0 aliphatic carbocycles. The third-order valence-electron chi connectivity index (χ3n) is 3.54. The van der Waals surface area contributed by atoms with Crippen LogP contribution in [0.3, 0.4) is 0 Å². The fourth-order valence-corrected chi connectivity index (χ4v) is 2.80. The highest BCUT2D eigenvalue weighted by Crippen LogP contribution is 2.30. The highest BCUT2D eigenvalue weighted by Gasteiger charge is 2.29. The smallest absolute Gasteiger partial charge is 0.284 e. The predicted molar refractivity (Wildman–Crippen MR) is 77.6 cm³/mol. The molecule has 0 radical (unpaired) electrons. The quantitative estimate of drug-likeness (QED) is 0.922. The van der Waals surface area contributed by atoms with Gasteiger partial charge >= 0.3 is 0 Å². The monoisotopic (exact) mass is 282 g/mol. The lowest BCUT2D eigenvalue weighted by Gasteiger charge is -2.36. The van der Waals surface area contributed by atoms with Gasteiger partial charge in [0.1, 0.15) is 0 Å². The third kappa shape index (κ3) is 3.65. The Morgan fingerprint density at radius 2 is 2.05 bits per heavy atom. The normalized spacial score (nSPS) is 18.4. The maximum Gasteiger partial charge on any atom is 0.284 e. The van der Waals surface area contributed by atoms with Gasteiger partial charge in [-0.1, -0.05) is 32.1 Å². The molecule has 106 valence electrons. The molecule has 1 amide bonds. The number of carbonyl (C=O) groups is 1. The minimum Gasteiger partial charge on any atom is -0.360 e. The van der Waals surface area contributed by atoms with Gasteiger partial charge in [0, 0.05) is 19.6 Å². The van der Waals surface area contributed by atoms with Crippen molar-refractivity contribution in [3.63, 3.8) is 0 Å². The summed E-state index contributed by atoms with van der Waals surface area (Å²) in [6.07, 6.45) is 3.14. The topological polar surface area (TPSA) is 58.1 Å². The van der Waals surface area contributed by atoms with Crippen molar-refractivity contribution in [1.82, 2.24) is 15.1 Å². The summed E-state index contributed by atoms with van der Waals surface area (Å²) in [7, 11) is 0. The largest absolute Gasteiger partial charge is 0.360 e. The van der Waals surface area contributed by atoms with E-state index in [4.69, 9.17) is 0 Å². The average molecular weight is 282 g/mol. The molecular formula is C13H22N4OS. The predicted octanol–water partition coefficient (Wildman–Crippen LogP) is 2.62. The van der Waals surface area contributed by atoms with Crippen molar-refractivity contribution in [1.29, 1.82) is 0 Å². The van der Waals surface area contributed by atoms with Gasteiger partial charge in [-0.05, 0) is 24.7 Å². The Labute approximate surface area is 118 Å². The third-order valence-corrected chi connectivity index (χ3v) is 4.41. The Bertz CT molecular complexity index is 434. The van der Waals surface area contributed by atoms with Gasteiger partial charge in [0.15, 0.2) is 0 Å². The lowest BCUT2D eigenvalue weighted by atomic mass is 9.83. The molecule has 0 bridgehead atoms. The number of nitrogens with one attached hydrogen (secondary N) is 1. The Morgan fingerprint density at radius 3 is 2.68 bits per heavy atom. The van der Waals surface area contributed by atoms with Crippen LogP contribution < -0.4 is 5.32 Å². The molecule has 2 heterocycles. The molecule has 1 aromatic rings. The SMILES string of the molecule is CCCNc1nnc(C(=O)N2CCC(C)(C)CC2)s1. The molecule has 1 aromatic heterocycles. The van der Waals surface area contributed by atoms with Crippen LogP contribution in [0.2, 0.25) is 0 Å². The summed E-state index contributed by atoms with van der Waals surface area (Å²) < 4.78 is 0. The molecule has 1 aliphatic rings. The number of anilines is 1. The zero-order valence-corrected chi connectivity index (χ0v) is 12.7. The van der Waals surface area contributed by atoms with Crippen LogP contribution in [0.25, 0.3) is 0 Å². The van der Waals surface area contributed by atoms with Gasteiger partial charge in [-0.2, -0.15) is 0 Å². The van der Waals surface area contributed by atoms with Gasteiger partial charge in [0.2, 0.25) is 10.1 Å². The second-order valence-corrected chi connectivity index (χ2v) is 6.77. The van der Waals surface area contributed by atoms with Crippen LogP contribution in [0.15, 0.2) is 0 Å². The van der Waals surface area contributed by atoms with E-state index in [0.717, 1.165) is 44.0 Å². The maximum atomic E-state index is 12.3. The molecule has 1 fully saturated rings. The standard InChI is InChI=1S/C13H22N4OS/c1-4-7-14-12-16-15-10(19-12)11(18)17-8-5-13(2,3)6-9-17/h4-9H2,1-3H3,(H,14,16). The number of aromatic nitrogens is 2. The molecule has 5 nitrogen and oxygen atoms in total. The summed E-state index contributed by atoms with van der Waals surface area (Å²) in [4.78, 5) is 14.2. The summed E-state index contributed by atoms with van der Waals surface area (Å²) in [5.41, 5.74) is 0.353. The van der Waals surface area contributed by atoms with E-state index in [1.54, 1.807) is 0 Å². The van der Waals surface area contributed by atoms with E-state index in [1.807, 2.05) is 4.90 Å². The number of piperidine rings is 1. The molecule has 0 unspecified atom stereocenters. The van der Waals surface area contributed by atoms with Gasteiger partial charge in [-0.3, -0.25) is 4.79 Å². The Hall–Kier alpha value is -1.17. The minimum atomic E-state index is 0.0255. The van der Waals surface area contributed by atoms with E-state index in [-0.39, 0.29) is 5.91 Å². The summed E-state index contributed by atoms with van der Waals surface area (Å²) in [5, 5.41) is 12.4. The van der Waals surface area contributed by atoms with Crippen LogP contribution in [-0.4, -0.2) is 40.6 Å². The highest BCUT2D eigenvalue weighted by atomic mass is 32.1. The number of rotatable bonds is 4. The van der Waals surface area contributed by atoms with E-state index in [0.29, 0.717) is 10.4 Å². The molecule has 6 heteroatoms. The van der Waals surface area contributed by atoms with E-state index in [2.05, 4.69) is 36.3 Å². The first kappa shape index (κ1) is 14.2. The second kappa shape index (κ2) is 5.86. The highest BCUT2D eigenvalue weighted by molar-refractivity contribution is 7.17. The van der Waals surface area contributed by atoms with Crippen molar-refractivity contribution in [3.8, 4) is 0 Å². The second-order valence-electron chi connectivity index (χ2n) is 5.80. The lowest BCUT2D eigenvalue weighted by Crippen LogP contribution is -2.41. The van der Waals surface area contributed by atoms with Gasteiger partial charge in [-0.25, -0.2) is 0 Å². The van der Waals surface area contributed by atoms with Gasteiger partial charge in [-0.15, -0.1) is 10.2 Å². The van der Waals surface area contributed by atoms with Crippen molar-refractivity contribution in [3.05, 3.63) is 5.01 Å². The van der Waals surface area contributed by atoms with Crippen molar-refractivity contribution in [2.45, 2.75) is 40.0 Å². The fourth-order valence-electron chi connectivity index (χ4n) is 2.06. The summed E-state index contributed by atoms with van der Waals surface area (Å²) >= 11 is 1.35. The van der Waals surface area contributed by atoms with Crippen molar-refractivity contribution >= 4 is 22.4 Å². The number of hydrogen-bond donors (Lipinski definition) is 1. The van der Waals surface area contributed by atoms with E-state index < -0.39 is 0 Å². The van der Waals surface area contributed by atoms with Crippen LogP contribution in [0, 0.1) is 5.41 Å². The number of nitrogens with zero attached hydrogens (tertiary/aromatic N) is 3. The maximum absolute atomic E-state index is 12.3. The number of hydrogen-bond acceptors (Lipinski definition) is 5. The molecule has 2 rings (SSSR count). The van der Waals surface area contributed by atoms with Crippen LogP contribution in [0.1, 0.15) is 49.8 Å². The van der Waals surface area contributed by atoms with Crippen molar-refractivity contribution in [2.24, 2.45) is 5.41 Å². The molecule has 0 aromatic carbocycles. The van der Waals surface area contributed by atoms with Gasteiger partial charge in [0.25, 0.3) is 5.91 Å². The van der Waals surface area contributed by atoms with Crippen LogP contribution in [0.5, 0.6) is 0 Å². The molecule has 0 spiro atoms. The number of likely N-dealkylation sites (tertiary alicyclic amines) is 1. The van der Waals surface area contributed by atoms with Crippen LogP contribution >= 0.6 is 11.3 Å². The summed E-state index contributed by atoms with van der Waals surface area (Å²) in [6, 6.07) is 0.